The van der Waals surface area contributed by atoms with Crippen molar-refractivity contribution in [3.63, 3.8) is 0 Å². The SMILES string of the molecule is COC1CCN(c2nccc(Nc3cc4c(cn3)cc(C3CNNC3)n4C(C)C)n2)CC1. The van der Waals surface area contributed by atoms with Crippen molar-refractivity contribution in [3.8, 4) is 0 Å². The summed E-state index contributed by atoms with van der Waals surface area (Å²) in [5, 5.41) is 4.55. The highest BCUT2D eigenvalue weighted by Crippen LogP contribution is 2.31. The second-order valence-electron chi connectivity index (χ2n) is 8.91. The van der Waals surface area contributed by atoms with E-state index in [1.165, 1.54) is 11.2 Å². The van der Waals surface area contributed by atoms with E-state index in [0.29, 0.717) is 18.1 Å². The van der Waals surface area contributed by atoms with Gasteiger partial charge in [0.15, 0.2) is 0 Å². The fourth-order valence-electron chi connectivity index (χ4n) is 4.77. The van der Waals surface area contributed by atoms with Crippen molar-refractivity contribution < 1.29 is 4.74 Å². The molecule has 5 rings (SSSR count). The number of pyridine rings is 1. The third kappa shape index (κ3) is 4.15. The predicted molar refractivity (Wildman–Crippen MR) is 126 cm³/mol. The van der Waals surface area contributed by atoms with Gasteiger partial charge in [0.25, 0.3) is 0 Å². The molecule has 2 aliphatic rings. The molecule has 0 spiro atoms. The molecule has 9 heteroatoms. The Kier molecular flexibility index (Phi) is 5.95. The van der Waals surface area contributed by atoms with Gasteiger partial charge in [-0.15, -0.1) is 0 Å². The van der Waals surface area contributed by atoms with Gasteiger partial charge in [0, 0.05) is 74.8 Å². The molecule has 0 radical (unpaired) electrons. The van der Waals surface area contributed by atoms with Gasteiger partial charge < -0.3 is 19.5 Å². The first kappa shape index (κ1) is 21.1. The molecule has 2 saturated heterocycles. The van der Waals surface area contributed by atoms with Crippen LogP contribution in [-0.4, -0.2) is 58.9 Å². The van der Waals surface area contributed by atoms with Crippen molar-refractivity contribution in [1.82, 2.24) is 30.4 Å². The van der Waals surface area contributed by atoms with Gasteiger partial charge in [0.1, 0.15) is 11.6 Å². The van der Waals surface area contributed by atoms with Crippen LogP contribution in [0.1, 0.15) is 44.3 Å². The molecule has 0 atom stereocenters. The molecular weight excluding hydrogens is 404 g/mol. The van der Waals surface area contributed by atoms with Crippen molar-refractivity contribution in [2.24, 2.45) is 0 Å². The zero-order valence-electron chi connectivity index (χ0n) is 19.0. The van der Waals surface area contributed by atoms with Gasteiger partial charge in [-0.05, 0) is 38.8 Å². The molecule has 2 fully saturated rings. The van der Waals surface area contributed by atoms with Crippen molar-refractivity contribution in [1.29, 1.82) is 0 Å². The van der Waals surface area contributed by atoms with Gasteiger partial charge in [0.2, 0.25) is 5.95 Å². The smallest absolute Gasteiger partial charge is 0.227 e. The summed E-state index contributed by atoms with van der Waals surface area (Å²) in [5.41, 5.74) is 9.03. The number of aromatic nitrogens is 4. The monoisotopic (exact) mass is 436 g/mol. The first-order valence-corrected chi connectivity index (χ1v) is 11.5. The molecule has 0 aromatic carbocycles. The number of nitrogens with zero attached hydrogens (tertiary/aromatic N) is 5. The highest BCUT2D eigenvalue weighted by molar-refractivity contribution is 5.83. The molecule has 32 heavy (non-hydrogen) atoms. The lowest BCUT2D eigenvalue weighted by molar-refractivity contribution is 0.0816. The lowest BCUT2D eigenvalue weighted by Gasteiger charge is -2.31. The minimum Gasteiger partial charge on any atom is -0.381 e. The second-order valence-corrected chi connectivity index (χ2v) is 8.91. The number of hydrogen-bond acceptors (Lipinski definition) is 8. The Bertz CT molecular complexity index is 1070. The third-order valence-electron chi connectivity index (χ3n) is 6.47. The lowest BCUT2D eigenvalue weighted by Crippen LogP contribution is -2.37. The molecule has 3 N–H and O–H groups in total. The van der Waals surface area contributed by atoms with Crippen LogP contribution in [0.3, 0.4) is 0 Å². The fraction of sp³-hybridized carbons (Fsp3) is 0.522. The zero-order chi connectivity index (χ0) is 22.1. The van der Waals surface area contributed by atoms with Crippen molar-refractivity contribution in [2.75, 3.05) is 43.5 Å². The molecular formula is C23H32N8O. The van der Waals surface area contributed by atoms with Crippen LogP contribution in [-0.2, 0) is 4.74 Å². The molecule has 0 amide bonds. The summed E-state index contributed by atoms with van der Waals surface area (Å²) in [6.07, 6.45) is 6.09. The summed E-state index contributed by atoms with van der Waals surface area (Å²) < 4.78 is 7.90. The van der Waals surface area contributed by atoms with Crippen LogP contribution < -0.4 is 21.1 Å². The van der Waals surface area contributed by atoms with E-state index in [2.05, 4.69) is 61.6 Å². The van der Waals surface area contributed by atoms with Crippen LogP contribution in [0.4, 0.5) is 17.6 Å². The number of hydrogen-bond donors (Lipinski definition) is 3. The maximum Gasteiger partial charge on any atom is 0.227 e. The van der Waals surface area contributed by atoms with E-state index in [4.69, 9.17) is 9.72 Å². The molecule has 0 unspecified atom stereocenters. The molecule has 9 nitrogen and oxygen atoms in total. The Balaban J connectivity index is 1.39. The van der Waals surface area contributed by atoms with E-state index in [0.717, 1.165) is 62.0 Å². The number of rotatable bonds is 6. The summed E-state index contributed by atoms with van der Waals surface area (Å²) in [6.45, 7) is 8.15. The Hall–Kier alpha value is -2.75. The number of ether oxygens (including phenoxy) is 1. The summed E-state index contributed by atoms with van der Waals surface area (Å²) in [6, 6.07) is 6.65. The minimum absolute atomic E-state index is 0.335. The first-order chi connectivity index (χ1) is 15.6. The van der Waals surface area contributed by atoms with E-state index < -0.39 is 0 Å². The number of nitrogens with one attached hydrogen (secondary N) is 3. The number of fused-ring (bicyclic) bond motifs is 1. The van der Waals surface area contributed by atoms with Crippen LogP contribution in [0.15, 0.2) is 30.6 Å². The van der Waals surface area contributed by atoms with Gasteiger partial charge >= 0.3 is 0 Å². The standard InChI is InChI=1S/C23H32N8O/c1-15(2)31-19(17-13-26-27-14-17)10-16-12-25-22(11-20(16)31)28-21-4-7-24-23(29-21)30-8-5-18(32-3)6-9-30/h4,7,10-12,15,17-18,26-27H,5-6,8-9,13-14H2,1-3H3,(H,24,25,28,29). The summed E-state index contributed by atoms with van der Waals surface area (Å²) in [5.74, 6) is 2.74. The Morgan fingerprint density at radius 1 is 1.09 bits per heavy atom. The largest absolute Gasteiger partial charge is 0.381 e. The third-order valence-corrected chi connectivity index (χ3v) is 6.47. The van der Waals surface area contributed by atoms with Gasteiger partial charge in [-0.2, -0.15) is 4.98 Å². The van der Waals surface area contributed by atoms with E-state index in [-0.39, 0.29) is 0 Å². The topological polar surface area (TPSA) is 92.2 Å². The maximum atomic E-state index is 5.48. The van der Waals surface area contributed by atoms with Gasteiger partial charge in [0.05, 0.1) is 11.6 Å². The van der Waals surface area contributed by atoms with E-state index in [9.17, 15) is 0 Å². The number of piperidine rings is 1. The van der Waals surface area contributed by atoms with Crippen LogP contribution in [0.25, 0.3) is 10.9 Å². The number of anilines is 3. The van der Waals surface area contributed by atoms with Crippen LogP contribution >= 0.6 is 0 Å². The van der Waals surface area contributed by atoms with Crippen molar-refractivity contribution >= 4 is 28.5 Å². The molecule has 170 valence electrons. The van der Waals surface area contributed by atoms with Gasteiger partial charge in [-0.1, -0.05) is 0 Å². The zero-order valence-corrected chi connectivity index (χ0v) is 19.0. The molecule has 3 aromatic rings. The highest BCUT2D eigenvalue weighted by Gasteiger charge is 2.24. The molecule has 0 aliphatic carbocycles. The van der Waals surface area contributed by atoms with Crippen molar-refractivity contribution in [2.45, 2.75) is 44.8 Å². The summed E-state index contributed by atoms with van der Waals surface area (Å²) in [7, 11) is 1.78. The molecule has 0 saturated carbocycles. The molecule has 3 aromatic heterocycles. The highest BCUT2D eigenvalue weighted by atomic mass is 16.5. The van der Waals surface area contributed by atoms with Crippen LogP contribution in [0.5, 0.6) is 0 Å². The Morgan fingerprint density at radius 3 is 2.59 bits per heavy atom. The fourth-order valence-corrected chi connectivity index (χ4v) is 4.77. The van der Waals surface area contributed by atoms with E-state index >= 15 is 0 Å². The lowest BCUT2D eigenvalue weighted by atomic mass is 10.1. The maximum absolute atomic E-state index is 5.48. The van der Waals surface area contributed by atoms with Gasteiger partial charge in [-0.25, -0.2) is 9.97 Å². The van der Waals surface area contributed by atoms with Crippen molar-refractivity contribution in [3.05, 3.63) is 36.3 Å². The second kappa shape index (κ2) is 9.01. The normalized spacial score (nSPS) is 18.2. The summed E-state index contributed by atoms with van der Waals surface area (Å²) in [4.78, 5) is 16.1. The average molecular weight is 437 g/mol. The quantitative estimate of drug-likeness (QED) is 0.543. The first-order valence-electron chi connectivity index (χ1n) is 11.5. The Labute approximate surface area is 188 Å². The minimum atomic E-state index is 0.335. The number of methoxy groups -OCH3 is 1. The molecule has 2 aliphatic heterocycles. The Morgan fingerprint density at radius 2 is 1.88 bits per heavy atom. The molecule has 5 heterocycles. The van der Waals surface area contributed by atoms with E-state index in [1.54, 1.807) is 13.3 Å². The van der Waals surface area contributed by atoms with Crippen LogP contribution in [0.2, 0.25) is 0 Å². The number of hydrazine groups is 1. The van der Waals surface area contributed by atoms with E-state index in [1.807, 2.05) is 12.3 Å². The van der Waals surface area contributed by atoms with Crippen LogP contribution in [0, 0.1) is 0 Å². The predicted octanol–water partition coefficient (Wildman–Crippen LogP) is 2.96. The van der Waals surface area contributed by atoms with Gasteiger partial charge in [-0.3, -0.25) is 10.9 Å². The summed E-state index contributed by atoms with van der Waals surface area (Å²) >= 11 is 0. The molecule has 0 bridgehead atoms. The average Bonchev–Trinajstić information content (AvgIpc) is 3.47.